The van der Waals surface area contributed by atoms with Gasteiger partial charge < -0.3 is 19.4 Å². The van der Waals surface area contributed by atoms with E-state index in [1.54, 1.807) is 49.9 Å². The zero-order valence-corrected chi connectivity index (χ0v) is 20.3. The molecule has 2 heterocycles. The van der Waals surface area contributed by atoms with Gasteiger partial charge in [0.15, 0.2) is 0 Å². The van der Waals surface area contributed by atoms with Crippen LogP contribution in [0.5, 0.6) is 0 Å². The van der Waals surface area contributed by atoms with Gasteiger partial charge in [0, 0.05) is 21.2 Å². The number of rotatable bonds is 4. The fourth-order valence-electron chi connectivity index (χ4n) is 3.38. The monoisotopic (exact) mass is 502 g/mol. The minimum atomic E-state index is -0.814. The van der Waals surface area contributed by atoms with Crippen molar-refractivity contribution in [3.63, 3.8) is 0 Å². The van der Waals surface area contributed by atoms with Gasteiger partial charge in [-0.2, -0.15) is 0 Å². The Hall–Kier alpha value is -3.24. The Balaban J connectivity index is 1.70. The minimum absolute atomic E-state index is 0.115. The summed E-state index contributed by atoms with van der Waals surface area (Å²) in [4.78, 5) is 39.9. The number of fused-ring (bicyclic) bond motifs is 1. The lowest BCUT2D eigenvalue weighted by Gasteiger charge is -2.27. The third kappa shape index (κ3) is 5.63. The fraction of sp³-hybridized carbons (Fsp3) is 0.304. The Morgan fingerprint density at radius 3 is 2.65 bits per heavy atom. The molecule has 0 bridgehead atoms. The summed E-state index contributed by atoms with van der Waals surface area (Å²) < 4.78 is 10.4. The number of carbonyl (C=O) groups is 2. The number of aromatic amines is 1. The van der Waals surface area contributed by atoms with E-state index in [1.165, 1.54) is 11.8 Å². The highest BCUT2D eigenvalue weighted by molar-refractivity contribution is 7.99. The summed E-state index contributed by atoms with van der Waals surface area (Å²) in [5.41, 5.74) is 1.30. The van der Waals surface area contributed by atoms with E-state index in [0.29, 0.717) is 22.0 Å². The molecule has 0 radical (unpaired) electrons. The zero-order chi connectivity index (χ0) is 24.5. The maximum atomic E-state index is 13.7. The summed E-state index contributed by atoms with van der Waals surface area (Å²) in [5, 5.41) is 9.41. The third-order valence-electron chi connectivity index (χ3n) is 4.85. The molecule has 34 heavy (non-hydrogen) atoms. The molecular formula is C23H23ClN4O5S. The molecule has 1 atom stereocenters. The number of hydrogen-bond acceptors (Lipinski definition) is 7. The molecule has 1 aliphatic heterocycles. The molecule has 3 aromatic rings. The average molecular weight is 503 g/mol. The van der Waals surface area contributed by atoms with Crippen molar-refractivity contribution in [3.05, 3.63) is 63.6 Å². The van der Waals surface area contributed by atoms with Crippen LogP contribution in [0.1, 0.15) is 26.3 Å². The molecule has 11 heteroatoms. The molecule has 2 aromatic carbocycles. The summed E-state index contributed by atoms with van der Waals surface area (Å²) in [7, 11) is 0. The van der Waals surface area contributed by atoms with Gasteiger partial charge in [-0.3, -0.25) is 4.79 Å². The van der Waals surface area contributed by atoms with Crippen LogP contribution in [0.2, 0.25) is 5.02 Å². The second kappa shape index (κ2) is 9.55. The topological polar surface area (TPSA) is 118 Å². The lowest BCUT2D eigenvalue weighted by Crippen LogP contribution is -2.50. The van der Waals surface area contributed by atoms with Crippen molar-refractivity contribution in [2.24, 2.45) is 0 Å². The van der Waals surface area contributed by atoms with Gasteiger partial charge in [0.2, 0.25) is 5.89 Å². The van der Waals surface area contributed by atoms with Gasteiger partial charge in [-0.1, -0.05) is 23.7 Å². The molecule has 0 unspecified atom stereocenters. The lowest BCUT2D eigenvalue weighted by atomic mass is 10.1. The number of alkyl carbamates (subject to hydrolysis) is 1. The lowest BCUT2D eigenvalue weighted by molar-refractivity contribution is -0.120. The SMILES string of the molecule is CC(C)(C)OC(=O)N[C@H]1CSc2ccc(-c3n[nH]c(=O)o3)cc2N(Cc2ccc(Cl)cc2)C1=O. The third-order valence-corrected chi connectivity index (χ3v) is 6.26. The standard InChI is InChI=1S/C23H23ClN4O5S/c1-23(2,3)33-21(30)25-16-12-34-18-9-6-14(19-26-27-22(31)32-19)10-17(18)28(20(16)29)11-13-4-7-15(24)8-5-13/h4-10,16H,11-12H2,1-3H3,(H,25,30)(H,27,31)/t16-/m0/s1. The first-order valence-corrected chi connectivity index (χ1v) is 11.8. The number of anilines is 1. The summed E-state index contributed by atoms with van der Waals surface area (Å²) >= 11 is 7.46. The molecule has 2 amide bonds. The van der Waals surface area contributed by atoms with E-state index in [0.717, 1.165) is 10.5 Å². The predicted molar refractivity (Wildman–Crippen MR) is 129 cm³/mol. The number of benzene rings is 2. The van der Waals surface area contributed by atoms with Gasteiger partial charge >= 0.3 is 11.8 Å². The zero-order valence-electron chi connectivity index (χ0n) is 18.8. The van der Waals surface area contributed by atoms with E-state index in [9.17, 15) is 14.4 Å². The van der Waals surface area contributed by atoms with Gasteiger partial charge in [0.25, 0.3) is 5.91 Å². The van der Waals surface area contributed by atoms with Gasteiger partial charge in [0.1, 0.15) is 11.6 Å². The molecule has 0 saturated carbocycles. The van der Waals surface area contributed by atoms with Gasteiger partial charge in [0.05, 0.1) is 12.2 Å². The highest BCUT2D eigenvalue weighted by atomic mass is 35.5. The van der Waals surface area contributed by atoms with Crippen LogP contribution in [0.3, 0.4) is 0 Å². The summed E-state index contributed by atoms with van der Waals surface area (Å²) in [5.74, 6) is -0.536. The maximum absolute atomic E-state index is 13.7. The number of aromatic nitrogens is 2. The van der Waals surface area contributed by atoms with E-state index in [1.807, 2.05) is 18.2 Å². The number of carbonyl (C=O) groups excluding carboxylic acids is 2. The van der Waals surface area contributed by atoms with E-state index < -0.39 is 23.5 Å². The first-order valence-electron chi connectivity index (χ1n) is 10.5. The van der Waals surface area contributed by atoms with Crippen molar-refractivity contribution < 1.29 is 18.7 Å². The first kappa shape index (κ1) is 23.9. The second-order valence-corrected chi connectivity index (χ2v) is 10.2. The smallest absolute Gasteiger partial charge is 0.434 e. The summed E-state index contributed by atoms with van der Waals surface area (Å²) in [6.07, 6.45) is -0.664. The van der Waals surface area contributed by atoms with Crippen LogP contribution in [0.15, 0.2) is 56.6 Å². The molecule has 1 aliphatic rings. The Morgan fingerprint density at radius 1 is 1.26 bits per heavy atom. The maximum Gasteiger partial charge on any atom is 0.434 e. The molecule has 9 nitrogen and oxygen atoms in total. The Bertz CT molecular complexity index is 1270. The Kier molecular flexibility index (Phi) is 6.72. The van der Waals surface area contributed by atoms with Crippen LogP contribution in [0.25, 0.3) is 11.5 Å². The van der Waals surface area contributed by atoms with Gasteiger partial charge in [-0.05, 0) is 56.7 Å². The number of amides is 2. The molecule has 2 N–H and O–H groups in total. The van der Waals surface area contributed by atoms with E-state index in [-0.39, 0.29) is 18.3 Å². The summed E-state index contributed by atoms with van der Waals surface area (Å²) in [6.45, 7) is 5.51. The number of nitrogens with one attached hydrogen (secondary N) is 2. The Morgan fingerprint density at radius 2 is 2.00 bits per heavy atom. The quantitative estimate of drug-likeness (QED) is 0.548. The fourth-order valence-corrected chi connectivity index (χ4v) is 4.56. The number of H-pyrrole nitrogens is 1. The normalized spacial score (nSPS) is 16.1. The molecular weight excluding hydrogens is 480 g/mol. The van der Waals surface area contributed by atoms with E-state index >= 15 is 0 Å². The van der Waals surface area contributed by atoms with Crippen LogP contribution >= 0.6 is 23.4 Å². The van der Waals surface area contributed by atoms with Crippen molar-refractivity contribution in [2.75, 3.05) is 10.7 Å². The molecule has 1 aromatic heterocycles. The van der Waals surface area contributed by atoms with Crippen LogP contribution < -0.4 is 16.0 Å². The number of hydrogen-bond donors (Lipinski definition) is 2. The van der Waals surface area contributed by atoms with Crippen LogP contribution in [-0.4, -0.2) is 39.6 Å². The predicted octanol–water partition coefficient (Wildman–Crippen LogP) is 4.22. The molecule has 0 spiro atoms. The minimum Gasteiger partial charge on any atom is -0.444 e. The molecule has 4 rings (SSSR count). The number of nitrogens with zero attached hydrogens (tertiary/aromatic N) is 2. The molecule has 0 aliphatic carbocycles. The number of halogens is 1. The highest BCUT2D eigenvalue weighted by Gasteiger charge is 2.33. The van der Waals surface area contributed by atoms with E-state index in [4.69, 9.17) is 20.8 Å². The van der Waals surface area contributed by atoms with Crippen molar-refractivity contribution in [3.8, 4) is 11.5 Å². The first-order chi connectivity index (χ1) is 16.1. The highest BCUT2D eigenvalue weighted by Crippen LogP contribution is 2.38. The van der Waals surface area contributed by atoms with Gasteiger partial charge in [-0.15, -0.1) is 16.9 Å². The summed E-state index contributed by atoms with van der Waals surface area (Å²) in [6, 6.07) is 11.7. The van der Waals surface area contributed by atoms with Gasteiger partial charge in [-0.25, -0.2) is 14.7 Å². The molecule has 178 valence electrons. The Labute approximate surface area is 204 Å². The molecule has 0 fully saturated rings. The van der Waals surface area contributed by atoms with E-state index in [2.05, 4.69) is 15.5 Å². The van der Waals surface area contributed by atoms with Crippen LogP contribution in [-0.2, 0) is 16.1 Å². The largest absolute Gasteiger partial charge is 0.444 e. The average Bonchev–Trinajstić information content (AvgIpc) is 3.16. The number of ether oxygens (including phenoxy) is 1. The molecule has 0 saturated heterocycles. The van der Waals surface area contributed by atoms with Crippen molar-refractivity contribution in [1.29, 1.82) is 0 Å². The van der Waals surface area contributed by atoms with Crippen LogP contribution in [0.4, 0.5) is 10.5 Å². The van der Waals surface area contributed by atoms with Crippen molar-refractivity contribution in [1.82, 2.24) is 15.5 Å². The number of thioether (sulfide) groups is 1. The van der Waals surface area contributed by atoms with Crippen LogP contribution in [0, 0.1) is 0 Å². The second-order valence-electron chi connectivity index (χ2n) is 8.66. The van der Waals surface area contributed by atoms with Crippen molar-refractivity contribution in [2.45, 2.75) is 43.9 Å². The van der Waals surface area contributed by atoms with Crippen molar-refractivity contribution >= 4 is 41.1 Å².